The van der Waals surface area contributed by atoms with Crippen LogP contribution in [-0.4, -0.2) is 28.6 Å². The molecule has 0 unspecified atom stereocenters. The molecule has 0 bridgehead atoms. The fourth-order valence-electron chi connectivity index (χ4n) is 1.52. The summed E-state index contributed by atoms with van der Waals surface area (Å²) in [5.74, 6) is -0.524. The van der Waals surface area contributed by atoms with Crippen LogP contribution in [0.5, 0.6) is 0 Å². The zero-order chi connectivity index (χ0) is 9.19. The maximum atomic E-state index is 11.2. The van der Waals surface area contributed by atoms with Crippen molar-refractivity contribution in [2.45, 2.75) is 36.1 Å². The van der Waals surface area contributed by atoms with Crippen LogP contribution in [-0.2, 0) is 9.53 Å². The van der Waals surface area contributed by atoms with Crippen molar-refractivity contribution in [2.75, 3.05) is 7.11 Å². The van der Waals surface area contributed by atoms with Gasteiger partial charge in [-0.15, -0.1) is 0 Å². The topological polar surface area (TPSA) is 46.5 Å². The summed E-state index contributed by atoms with van der Waals surface area (Å²) in [5, 5.41) is 9.89. The number of halogens is 1. The van der Waals surface area contributed by atoms with Crippen molar-refractivity contribution in [3.8, 4) is 0 Å². The summed E-state index contributed by atoms with van der Waals surface area (Å²) in [4.78, 5) is 11.0. The van der Waals surface area contributed by atoms with Gasteiger partial charge in [-0.05, 0) is 19.3 Å². The van der Waals surface area contributed by atoms with E-state index in [1.165, 1.54) is 7.11 Å². The van der Waals surface area contributed by atoms with Crippen molar-refractivity contribution in [2.24, 2.45) is 0 Å². The molecule has 0 saturated heterocycles. The third-order valence-corrected chi connectivity index (χ3v) is 3.54. The average molecular weight is 237 g/mol. The number of ether oxygens (including phenoxy) is 1. The van der Waals surface area contributed by atoms with Gasteiger partial charge in [-0.1, -0.05) is 22.4 Å². The SMILES string of the molecule is COC(=O)[C@]1(O)CCCC[C@@H]1Br. The minimum atomic E-state index is -1.30. The third-order valence-electron chi connectivity index (χ3n) is 2.32. The molecule has 0 radical (unpaired) electrons. The highest BCUT2D eigenvalue weighted by Gasteiger charge is 2.45. The molecular weight excluding hydrogens is 224 g/mol. The smallest absolute Gasteiger partial charge is 0.339 e. The molecule has 0 heterocycles. The number of rotatable bonds is 1. The highest BCUT2D eigenvalue weighted by molar-refractivity contribution is 9.09. The molecule has 0 aliphatic heterocycles. The van der Waals surface area contributed by atoms with Gasteiger partial charge in [0.05, 0.1) is 11.9 Å². The van der Waals surface area contributed by atoms with Crippen molar-refractivity contribution in [1.82, 2.24) is 0 Å². The molecule has 0 aromatic rings. The molecule has 1 aliphatic carbocycles. The summed E-state index contributed by atoms with van der Waals surface area (Å²) >= 11 is 3.30. The Bertz CT molecular complexity index is 183. The Morgan fingerprint density at radius 2 is 2.33 bits per heavy atom. The quantitative estimate of drug-likeness (QED) is 0.551. The zero-order valence-corrected chi connectivity index (χ0v) is 8.63. The second kappa shape index (κ2) is 3.75. The fourth-order valence-corrected chi connectivity index (χ4v) is 2.26. The summed E-state index contributed by atoms with van der Waals surface area (Å²) in [5.41, 5.74) is -1.30. The lowest BCUT2D eigenvalue weighted by atomic mass is 9.85. The molecule has 2 atom stereocenters. The minimum absolute atomic E-state index is 0.161. The molecule has 1 fully saturated rings. The monoisotopic (exact) mass is 236 g/mol. The van der Waals surface area contributed by atoms with E-state index < -0.39 is 11.6 Å². The van der Waals surface area contributed by atoms with Gasteiger partial charge in [0, 0.05) is 0 Å². The number of hydrogen-bond donors (Lipinski definition) is 1. The van der Waals surface area contributed by atoms with Gasteiger partial charge in [0.15, 0.2) is 5.60 Å². The highest BCUT2D eigenvalue weighted by Crippen LogP contribution is 2.34. The maximum absolute atomic E-state index is 11.2. The molecule has 3 nitrogen and oxygen atoms in total. The first kappa shape index (κ1) is 9.99. The number of alkyl halides is 1. The molecule has 0 amide bonds. The first-order chi connectivity index (χ1) is 5.61. The Morgan fingerprint density at radius 3 is 2.83 bits per heavy atom. The maximum Gasteiger partial charge on any atom is 0.339 e. The highest BCUT2D eigenvalue weighted by atomic mass is 79.9. The number of carbonyl (C=O) groups excluding carboxylic acids is 1. The second-order valence-electron chi connectivity index (χ2n) is 3.13. The number of hydrogen-bond acceptors (Lipinski definition) is 3. The number of aliphatic hydroxyl groups is 1. The van der Waals surface area contributed by atoms with E-state index in [4.69, 9.17) is 0 Å². The molecule has 1 saturated carbocycles. The largest absolute Gasteiger partial charge is 0.467 e. The number of esters is 1. The Hall–Kier alpha value is -0.0900. The molecule has 1 aliphatic rings. The van der Waals surface area contributed by atoms with E-state index in [1.54, 1.807) is 0 Å². The van der Waals surface area contributed by atoms with Crippen LogP contribution in [0.2, 0.25) is 0 Å². The van der Waals surface area contributed by atoms with Crippen LogP contribution in [0.4, 0.5) is 0 Å². The van der Waals surface area contributed by atoms with E-state index in [0.717, 1.165) is 19.3 Å². The molecule has 1 rings (SSSR count). The number of methoxy groups -OCH3 is 1. The van der Waals surface area contributed by atoms with Gasteiger partial charge in [-0.3, -0.25) is 0 Å². The van der Waals surface area contributed by atoms with Crippen LogP contribution in [0.15, 0.2) is 0 Å². The summed E-state index contributed by atoms with van der Waals surface area (Å²) < 4.78 is 4.54. The Morgan fingerprint density at radius 1 is 1.67 bits per heavy atom. The van der Waals surface area contributed by atoms with Gasteiger partial charge in [0.1, 0.15) is 0 Å². The van der Waals surface area contributed by atoms with Crippen LogP contribution in [0.3, 0.4) is 0 Å². The summed E-state index contributed by atoms with van der Waals surface area (Å²) in [7, 11) is 1.30. The lowest BCUT2D eigenvalue weighted by Crippen LogP contribution is -2.49. The van der Waals surface area contributed by atoms with Crippen molar-refractivity contribution < 1.29 is 14.6 Å². The van der Waals surface area contributed by atoms with Crippen molar-refractivity contribution >= 4 is 21.9 Å². The van der Waals surface area contributed by atoms with Gasteiger partial charge in [-0.2, -0.15) is 0 Å². The van der Waals surface area contributed by atoms with Gasteiger partial charge in [-0.25, -0.2) is 4.79 Å². The van der Waals surface area contributed by atoms with E-state index >= 15 is 0 Å². The van der Waals surface area contributed by atoms with Crippen LogP contribution in [0.1, 0.15) is 25.7 Å². The molecule has 1 N–H and O–H groups in total. The fraction of sp³-hybridized carbons (Fsp3) is 0.875. The van der Waals surface area contributed by atoms with Crippen molar-refractivity contribution in [3.63, 3.8) is 0 Å². The van der Waals surface area contributed by atoms with Gasteiger partial charge in [0.25, 0.3) is 0 Å². The summed E-state index contributed by atoms with van der Waals surface area (Å²) in [6.07, 6.45) is 3.25. The lowest BCUT2D eigenvalue weighted by molar-refractivity contribution is -0.164. The first-order valence-electron chi connectivity index (χ1n) is 4.06. The van der Waals surface area contributed by atoms with Gasteiger partial charge < -0.3 is 9.84 Å². The van der Waals surface area contributed by atoms with Crippen molar-refractivity contribution in [1.29, 1.82) is 0 Å². The second-order valence-corrected chi connectivity index (χ2v) is 4.23. The molecule has 12 heavy (non-hydrogen) atoms. The zero-order valence-electron chi connectivity index (χ0n) is 7.05. The Kier molecular flexibility index (Phi) is 3.12. The van der Waals surface area contributed by atoms with E-state index in [2.05, 4.69) is 20.7 Å². The molecule has 0 aromatic heterocycles. The molecular formula is C8H13BrO3. The third kappa shape index (κ3) is 1.64. The van der Waals surface area contributed by atoms with E-state index in [9.17, 15) is 9.90 Å². The van der Waals surface area contributed by atoms with Gasteiger partial charge >= 0.3 is 5.97 Å². The Balaban J connectivity index is 2.72. The van der Waals surface area contributed by atoms with E-state index in [1.807, 2.05) is 0 Å². The summed E-state index contributed by atoms with van der Waals surface area (Å²) in [6.45, 7) is 0. The summed E-state index contributed by atoms with van der Waals surface area (Å²) in [6, 6.07) is 0. The predicted octanol–water partition coefficient (Wildman–Crippen LogP) is 1.23. The van der Waals surface area contributed by atoms with Crippen molar-refractivity contribution in [3.05, 3.63) is 0 Å². The normalized spacial score (nSPS) is 36.1. The van der Waals surface area contributed by atoms with Gasteiger partial charge in [0.2, 0.25) is 0 Å². The Labute approximate surface area is 80.2 Å². The van der Waals surface area contributed by atoms with Crippen LogP contribution < -0.4 is 0 Å². The minimum Gasteiger partial charge on any atom is -0.467 e. The van der Waals surface area contributed by atoms with Crippen LogP contribution in [0, 0.1) is 0 Å². The standard InChI is InChI=1S/C8H13BrO3/c1-12-7(10)8(11)5-3-2-4-6(8)9/h6,11H,2-5H2,1H3/t6-,8-/m0/s1. The molecule has 70 valence electrons. The molecule has 0 aromatic carbocycles. The van der Waals surface area contributed by atoms with Crippen LogP contribution in [0.25, 0.3) is 0 Å². The van der Waals surface area contributed by atoms with E-state index in [0.29, 0.717) is 6.42 Å². The first-order valence-corrected chi connectivity index (χ1v) is 4.97. The van der Waals surface area contributed by atoms with E-state index in [-0.39, 0.29) is 4.83 Å². The lowest BCUT2D eigenvalue weighted by Gasteiger charge is -2.33. The average Bonchev–Trinajstić information content (AvgIpc) is 2.09. The predicted molar refractivity (Wildman–Crippen MR) is 48.1 cm³/mol. The molecule has 4 heteroatoms. The number of carbonyl (C=O) groups is 1. The van der Waals surface area contributed by atoms with Crippen LogP contribution >= 0.6 is 15.9 Å². The molecule has 0 spiro atoms.